The van der Waals surface area contributed by atoms with Crippen molar-refractivity contribution < 1.29 is 4.79 Å². The van der Waals surface area contributed by atoms with E-state index in [1.54, 1.807) is 0 Å². The summed E-state index contributed by atoms with van der Waals surface area (Å²) in [6.07, 6.45) is 5.32. The van der Waals surface area contributed by atoms with E-state index in [0.717, 1.165) is 36.5 Å². The van der Waals surface area contributed by atoms with Crippen molar-refractivity contribution in [1.82, 2.24) is 9.97 Å². The molecule has 23 heavy (non-hydrogen) atoms. The number of rotatable bonds is 5. The fraction of sp³-hybridized carbons (Fsp3) is 0.444. The van der Waals surface area contributed by atoms with Crippen LogP contribution < -0.4 is 10.6 Å². The first-order valence-electron chi connectivity index (χ1n) is 8.36. The van der Waals surface area contributed by atoms with Gasteiger partial charge in [-0.3, -0.25) is 9.69 Å². The Labute approximate surface area is 136 Å². The molecule has 5 nitrogen and oxygen atoms in total. The van der Waals surface area contributed by atoms with E-state index < -0.39 is 6.04 Å². The van der Waals surface area contributed by atoms with Gasteiger partial charge in [0.25, 0.3) is 0 Å². The number of fused-ring (bicyclic) bond motifs is 1. The number of para-hydroxylation sites is 1. The van der Waals surface area contributed by atoms with Gasteiger partial charge in [0.05, 0.1) is 12.1 Å². The Bertz CT molecular complexity index is 694. The Morgan fingerprint density at radius 2 is 2.22 bits per heavy atom. The SMILES string of the molecule is CCCc1cnc([C@@H]2Cc3ccccc3N2C(=O)[C@@H](N)CC)[nH]1. The van der Waals surface area contributed by atoms with Gasteiger partial charge in [0.1, 0.15) is 5.82 Å². The highest BCUT2D eigenvalue weighted by atomic mass is 16.2. The number of anilines is 1. The number of hydrogen-bond donors (Lipinski definition) is 2. The standard InChI is InChI=1S/C18H24N4O/c1-3-7-13-11-20-17(21-13)16-10-12-8-5-6-9-15(12)22(16)18(23)14(19)4-2/h5-6,8-9,11,14,16H,3-4,7,10,19H2,1-2H3,(H,20,21)/t14-,16-/m0/s1. The van der Waals surface area contributed by atoms with E-state index in [2.05, 4.69) is 23.0 Å². The molecule has 1 aliphatic rings. The first-order chi connectivity index (χ1) is 11.2. The lowest BCUT2D eigenvalue weighted by molar-refractivity contribution is -0.120. The second kappa shape index (κ2) is 6.54. The number of H-pyrrole nitrogens is 1. The number of nitrogens with zero attached hydrogens (tertiary/aromatic N) is 2. The van der Waals surface area contributed by atoms with Crippen LogP contribution in [0.25, 0.3) is 0 Å². The molecule has 0 fully saturated rings. The Hall–Kier alpha value is -2.14. The summed E-state index contributed by atoms with van der Waals surface area (Å²) in [6, 6.07) is 7.46. The maximum absolute atomic E-state index is 12.8. The molecule has 1 aromatic heterocycles. The van der Waals surface area contributed by atoms with Crippen LogP contribution in [-0.2, 0) is 17.6 Å². The number of amides is 1. The number of carbonyl (C=O) groups excluding carboxylic acids is 1. The Kier molecular flexibility index (Phi) is 4.48. The zero-order valence-electron chi connectivity index (χ0n) is 13.7. The molecule has 5 heteroatoms. The summed E-state index contributed by atoms with van der Waals surface area (Å²) in [5, 5.41) is 0. The van der Waals surface area contributed by atoms with Crippen molar-refractivity contribution in [2.75, 3.05) is 4.90 Å². The molecular formula is C18H24N4O. The van der Waals surface area contributed by atoms with Crippen LogP contribution in [0.1, 0.15) is 49.8 Å². The van der Waals surface area contributed by atoms with Gasteiger partial charge in [-0.25, -0.2) is 4.98 Å². The van der Waals surface area contributed by atoms with Crippen molar-refractivity contribution in [2.24, 2.45) is 5.73 Å². The van der Waals surface area contributed by atoms with Crippen LogP contribution in [0.2, 0.25) is 0 Å². The number of imidazole rings is 1. The average Bonchev–Trinajstić information content (AvgIpc) is 3.17. The third-order valence-electron chi connectivity index (χ3n) is 4.45. The second-order valence-electron chi connectivity index (χ2n) is 6.12. The van der Waals surface area contributed by atoms with Gasteiger partial charge < -0.3 is 10.7 Å². The molecule has 0 unspecified atom stereocenters. The Balaban J connectivity index is 1.96. The van der Waals surface area contributed by atoms with Crippen molar-refractivity contribution in [3.8, 4) is 0 Å². The molecule has 122 valence electrons. The van der Waals surface area contributed by atoms with E-state index in [4.69, 9.17) is 5.73 Å². The van der Waals surface area contributed by atoms with Crippen LogP contribution in [0.4, 0.5) is 5.69 Å². The van der Waals surface area contributed by atoms with Gasteiger partial charge in [0, 0.05) is 24.0 Å². The molecule has 1 aliphatic heterocycles. The van der Waals surface area contributed by atoms with Crippen molar-refractivity contribution in [1.29, 1.82) is 0 Å². The minimum atomic E-state index is -0.478. The Morgan fingerprint density at radius 1 is 1.43 bits per heavy atom. The maximum atomic E-state index is 12.8. The maximum Gasteiger partial charge on any atom is 0.244 e. The first kappa shape index (κ1) is 15.7. The number of nitrogens with one attached hydrogen (secondary N) is 1. The van der Waals surface area contributed by atoms with E-state index in [1.165, 1.54) is 5.56 Å². The summed E-state index contributed by atoms with van der Waals surface area (Å²) >= 11 is 0. The monoisotopic (exact) mass is 312 g/mol. The summed E-state index contributed by atoms with van der Waals surface area (Å²) in [6.45, 7) is 4.08. The fourth-order valence-corrected chi connectivity index (χ4v) is 3.17. The number of aryl methyl sites for hydroxylation is 1. The minimum absolute atomic E-state index is 0.0316. The lowest BCUT2D eigenvalue weighted by Crippen LogP contribution is -2.44. The molecule has 0 bridgehead atoms. The van der Waals surface area contributed by atoms with Gasteiger partial charge in [-0.05, 0) is 24.5 Å². The summed E-state index contributed by atoms with van der Waals surface area (Å²) < 4.78 is 0. The number of aromatic nitrogens is 2. The topological polar surface area (TPSA) is 75.0 Å². The average molecular weight is 312 g/mol. The van der Waals surface area contributed by atoms with E-state index >= 15 is 0 Å². The molecule has 0 aliphatic carbocycles. The lowest BCUT2D eigenvalue weighted by Gasteiger charge is -2.26. The predicted octanol–water partition coefficient (Wildman–Crippen LogP) is 2.73. The minimum Gasteiger partial charge on any atom is -0.344 e. The van der Waals surface area contributed by atoms with E-state index in [9.17, 15) is 4.79 Å². The quantitative estimate of drug-likeness (QED) is 0.891. The number of hydrogen-bond acceptors (Lipinski definition) is 3. The summed E-state index contributed by atoms with van der Waals surface area (Å²) in [5.74, 6) is 0.817. The third kappa shape index (κ3) is 2.88. The lowest BCUT2D eigenvalue weighted by atomic mass is 10.1. The molecule has 3 N–H and O–H groups in total. The molecule has 3 rings (SSSR count). The fourth-order valence-electron chi connectivity index (χ4n) is 3.17. The van der Waals surface area contributed by atoms with Gasteiger partial charge in [-0.2, -0.15) is 0 Å². The summed E-state index contributed by atoms with van der Waals surface area (Å²) in [7, 11) is 0. The van der Waals surface area contributed by atoms with Gasteiger partial charge >= 0.3 is 0 Å². The van der Waals surface area contributed by atoms with Crippen LogP contribution in [0, 0.1) is 0 Å². The molecule has 0 radical (unpaired) electrons. The van der Waals surface area contributed by atoms with Gasteiger partial charge in [0.2, 0.25) is 5.91 Å². The number of aromatic amines is 1. The Morgan fingerprint density at radius 3 is 2.96 bits per heavy atom. The largest absolute Gasteiger partial charge is 0.344 e. The highest BCUT2D eigenvalue weighted by molar-refractivity contribution is 5.99. The van der Waals surface area contributed by atoms with Crippen LogP contribution in [0.15, 0.2) is 30.5 Å². The number of benzene rings is 1. The van der Waals surface area contributed by atoms with E-state index in [-0.39, 0.29) is 11.9 Å². The molecule has 1 amide bonds. The smallest absolute Gasteiger partial charge is 0.244 e. The molecule has 1 aromatic carbocycles. The zero-order chi connectivity index (χ0) is 16.4. The van der Waals surface area contributed by atoms with Crippen molar-refractivity contribution in [3.63, 3.8) is 0 Å². The molecule has 2 heterocycles. The molecule has 2 atom stereocenters. The van der Waals surface area contributed by atoms with Crippen LogP contribution >= 0.6 is 0 Å². The first-order valence-corrected chi connectivity index (χ1v) is 8.36. The normalized spacial score (nSPS) is 18.0. The molecule has 0 saturated carbocycles. The molecular weight excluding hydrogens is 288 g/mol. The van der Waals surface area contributed by atoms with Gasteiger partial charge in [-0.1, -0.05) is 38.5 Å². The van der Waals surface area contributed by atoms with Crippen molar-refractivity contribution in [2.45, 2.75) is 51.6 Å². The molecule has 0 saturated heterocycles. The predicted molar refractivity (Wildman–Crippen MR) is 91.2 cm³/mol. The third-order valence-corrected chi connectivity index (χ3v) is 4.45. The summed E-state index contributed by atoms with van der Waals surface area (Å²) in [4.78, 5) is 22.6. The number of nitrogens with two attached hydrogens (primary N) is 1. The summed E-state index contributed by atoms with van der Waals surface area (Å²) in [5.41, 5.74) is 9.27. The van der Waals surface area contributed by atoms with Crippen LogP contribution in [0.3, 0.4) is 0 Å². The second-order valence-corrected chi connectivity index (χ2v) is 6.12. The molecule has 2 aromatic rings. The number of carbonyl (C=O) groups is 1. The van der Waals surface area contributed by atoms with Crippen molar-refractivity contribution in [3.05, 3.63) is 47.5 Å². The zero-order valence-corrected chi connectivity index (χ0v) is 13.7. The highest BCUT2D eigenvalue weighted by Gasteiger charge is 2.37. The van der Waals surface area contributed by atoms with Gasteiger partial charge in [-0.15, -0.1) is 0 Å². The highest BCUT2D eigenvalue weighted by Crippen LogP contribution is 2.39. The van der Waals surface area contributed by atoms with E-state index in [0.29, 0.717) is 6.42 Å². The van der Waals surface area contributed by atoms with Crippen molar-refractivity contribution >= 4 is 11.6 Å². The van der Waals surface area contributed by atoms with Crippen LogP contribution in [0.5, 0.6) is 0 Å². The van der Waals surface area contributed by atoms with E-state index in [1.807, 2.05) is 36.2 Å². The molecule has 0 spiro atoms. The van der Waals surface area contributed by atoms with Gasteiger partial charge in [0.15, 0.2) is 0 Å². The van der Waals surface area contributed by atoms with Crippen LogP contribution in [-0.4, -0.2) is 21.9 Å².